The van der Waals surface area contributed by atoms with Crippen LogP contribution in [0.3, 0.4) is 0 Å². The van der Waals surface area contributed by atoms with Crippen molar-refractivity contribution in [1.29, 1.82) is 0 Å². The van der Waals surface area contributed by atoms with Gasteiger partial charge in [0.2, 0.25) is 11.8 Å². The summed E-state index contributed by atoms with van der Waals surface area (Å²) in [5, 5.41) is 0. The molecular weight excluding hydrogens is 276 g/mol. The summed E-state index contributed by atoms with van der Waals surface area (Å²) in [5.41, 5.74) is 1.05. The van der Waals surface area contributed by atoms with Gasteiger partial charge in [-0.1, -0.05) is 51.1 Å². The van der Waals surface area contributed by atoms with Crippen molar-refractivity contribution in [3.8, 4) is 0 Å². The van der Waals surface area contributed by atoms with Gasteiger partial charge in [-0.15, -0.1) is 0 Å². The molecule has 22 heavy (non-hydrogen) atoms. The van der Waals surface area contributed by atoms with Crippen LogP contribution in [0.2, 0.25) is 0 Å². The van der Waals surface area contributed by atoms with E-state index in [0.29, 0.717) is 39.0 Å². The van der Waals surface area contributed by atoms with Gasteiger partial charge in [-0.25, -0.2) is 0 Å². The zero-order chi connectivity index (χ0) is 16.2. The minimum Gasteiger partial charge on any atom is -0.339 e. The summed E-state index contributed by atoms with van der Waals surface area (Å²) in [4.78, 5) is 28.3. The van der Waals surface area contributed by atoms with Crippen LogP contribution in [0.4, 0.5) is 0 Å². The van der Waals surface area contributed by atoms with Gasteiger partial charge in [0.05, 0.1) is 6.42 Å². The number of rotatable bonds is 3. The molecule has 1 aromatic carbocycles. The first kappa shape index (κ1) is 16.5. The topological polar surface area (TPSA) is 40.6 Å². The standard InChI is InChI=1S/C18H26N2O2/c1-18(2,3)14-17(22)20-11-9-19(10-12-20)16(21)13-15-7-5-4-6-8-15/h4-8H,9-14H2,1-3H3. The largest absolute Gasteiger partial charge is 0.339 e. The predicted molar refractivity (Wildman–Crippen MR) is 87.4 cm³/mol. The second-order valence-corrected chi connectivity index (χ2v) is 7.16. The fourth-order valence-electron chi connectivity index (χ4n) is 2.65. The smallest absolute Gasteiger partial charge is 0.227 e. The normalized spacial score (nSPS) is 15.8. The Hall–Kier alpha value is -1.84. The maximum atomic E-state index is 12.3. The number of hydrogen-bond donors (Lipinski definition) is 0. The van der Waals surface area contributed by atoms with E-state index in [0.717, 1.165) is 5.56 Å². The van der Waals surface area contributed by atoms with E-state index in [1.165, 1.54) is 0 Å². The van der Waals surface area contributed by atoms with Crippen molar-refractivity contribution in [2.24, 2.45) is 5.41 Å². The third-order valence-corrected chi connectivity index (χ3v) is 3.86. The summed E-state index contributed by atoms with van der Waals surface area (Å²) >= 11 is 0. The van der Waals surface area contributed by atoms with Gasteiger partial charge in [0.25, 0.3) is 0 Å². The van der Waals surface area contributed by atoms with Crippen molar-refractivity contribution in [1.82, 2.24) is 9.80 Å². The van der Waals surface area contributed by atoms with Crippen molar-refractivity contribution < 1.29 is 9.59 Å². The lowest BCUT2D eigenvalue weighted by molar-refractivity contribution is -0.140. The molecule has 0 atom stereocenters. The first-order valence-corrected chi connectivity index (χ1v) is 7.95. The predicted octanol–water partition coefficient (Wildman–Crippen LogP) is 2.34. The molecule has 0 unspecified atom stereocenters. The summed E-state index contributed by atoms with van der Waals surface area (Å²) in [5.74, 6) is 0.344. The molecule has 1 fully saturated rings. The lowest BCUT2D eigenvalue weighted by Crippen LogP contribution is -2.51. The van der Waals surface area contributed by atoms with E-state index >= 15 is 0 Å². The number of piperazine rings is 1. The molecule has 1 heterocycles. The van der Waals surface area contributed by atoms with Gasteiger partial charge in [-0.3, -0.25) is 9.59 Å². The second kappa shape index (κ2) is 6.95. The molecule has 1 aliphatic rings. The van der Waals surface area contributed by atoms with Crippen molar-refractivity contribution in [2.45, 2.75) is 33.6 Å². The monoisotopic (exact) mass is 302 g/mol. The van der Waals surface area contributed by atoms with Crippen LogP contribution in [0, 0.1) is 5.41 Å². The molecular formula is C18H26N2O2. The van der Waals surface area contributed by atoms with Crippen LogP contribution < -0.4 is 0 Å². The van der Waals surface area contributed by atoms with Crippen LogP contribution in [0.15, 0.2) is 30.3 Å². The molecule has 0 aromatic heterocycles. The molecule has 1 aliphatic heterocycles. The Morgan fingerprint density at radius 3 is 1.91 bits per heavy atom. The highest BCUT2D eigenvalue weighted by atomic mass is 16.2. The lowest BCUT2D eigenvalue weighted by atomic mass is 9.91. The Morgan fingerprint density at radius 1 is 0.909 bits per heavy atom. The zero-order valence-corrected chi connectivity index (χ0v) is 13.8. The summed E-state index contributed by atoms with van der Waals surface area (Å²) in [6.45, 7) is 8.80. The number of benzene rings is 1. The lowest BCUT2D eigenvalue weighted by Gasteiger charge is -2.36. The molecule has 2 rings (SSSR count). The quantitative estimate of drug-likeness (QED) is 0.860. The summed E-state index contributed by atoms with van der Waals surface area (Å²) in [7, 11) is 0. The molecule has 1 saturated heterocycles. The third-order valence-electron chi connectivity index (χ3n) is 3.86. The van der Waals surface area contributed by atoms with Gasteiger partial charge < -0.3 is 9.80 Å². The van der Waals surface area contributed by atoms with Crippen LogP contribution in [-0.4, -0.2) is 47.8 Å². The maximum absolute atomic E-state index is 12.3. The van der Waals surface area contributed by atoms with Crippen LogP contribution in [0.1, 0.15) is 32.8 Å². The highest BCUT2D eigenvalue weighted by molar-refractivity contribution is 5.80. The van der Waals surface area contributed by atoms with Gasteiger partial charge in [0.15, 0.2) is 0 Å². The number of carbonyl (C=O) groups excluding carboxylic acids is 2. The van der Waals surface area contributed by atoms with Gasteiger partial charge in [-0.05, 0) is 11.0 Å². The molecule has 0 saturated carbocycles. The van der Waals surface area contributed by atoms with E-state index in [1.54, 1.807) is 0 Å². The minimum atomic E-state index is 0.0113. The second-order valence-electron chi connectivity index (χ2n) is 7.16. The Balaban J connectivity index is 1.82. The van der Waals surface area contributed by atoms with Gasteiger partial charge >= 0.3 is 0 Å². The van der Waals surface area contributed by atoms with Crippen LogP contribution in [-0.2, 0) is 16.0 Å². The highest BCUT2D eigenvalue weighted by Crippen LogP contribution is 2.20. The number of carbonyl (C=O) groups is 2. The van der Waals surface area contributed by atoms with Crippen molar-refractivity contribution in [2.75, 3.05) is 26.2 Å². The zero-order valence-electron chi connectivity index (χ0n) is 13.8. The van der Waals surface area contributed by atoms with Crippen LogP contribution >= 0.6 is 0 Å². The van der Waals surface area contributed by atoms with E-state index < -0.39 is 0 Å². The number of nitrogens with zero attached hydrogens (tertiary/aromatic N) is 2. The van der Waals surface area contributed by atoms with E-state index in [1.807, 2.05) is 40.1 Å². The third kappa shape index (κ3) is 4.86. The van der Waals surface area contributed by atoms with Gasteiger partial charge in [0, 0.05) is 32.6 Å². The number of amides is 2. The van der Waals surface area contributed by atoms with E-state index in [2.05, 4.69) is 20.8 Å². The molecule has 0 aliphatic carbocycles. The fourth-order valence-corrected chi connectivity index (χ4v) is 2.65. The maximum Gasteiger partial charge on any atom is 0.227 e. The first-order valence-electron chi connectivity index (χ1n) is 7.95. The molecule has 120 valence electrons. The Bertz CT molecular complexity index is 512. The molecule has 4 nitrogen and oxygen atoms in total. The van der Waals surface area contributed by atoms with Crippen LogP contribution in [0.5, 0.6) is 0 Å². The molecule has 0 radical (unpaired) electrons. The van der Waals surface area contributed by atoms with Crippen molar-refractivity contribution >= 4 is 11.8 Å². The molecule has 0 bridgehead atoms. The summed E-state index contributed by atoms with van der Waals surface area (Å²) < 4.78 is 0. The van der Waals surface area contributed by atoms with Crippen molar-refractivity contribution in [3.63, 3.8) is 0 Å². The fraction of sp³-hybridized carbons (Fsp3) is 0.556. The van der Waals surface area contributed by atoms with E-state index in [4.69, 9.17) is 0 Å². The Labute approximate surface area is 133 Å². The minimum absolute atomic E-state index is 0.0113. The van der Waals surface area contributed by atoms with Gasteiger partial charge in [-0.2, -0.15) is 0 Å². The highest BCUT2D eigenvalue weighted by Gasteiger charge is 2.26. The first-order chi connectivity index (χ1) is 10.3. The van der Waals surface area contributed by atoms with Crippen molar-refractivity contribution in [3.05, 3.63) is 35.9 Å². The average molecular weight is 302 g/mol. The van der Waals surface area contributed by atoms with Crippen LogP contribution in [0.25, 0.3) is 0 Å². The molecule has 1 aromatic rings. The van der Waals surface area contributed by atoms with E-state index in [-0.39, 0.29) is 17.2 Å². The summed E-state index contributed by atoms with van der Waals surface area (Å²) in [6, 6.07) is 9.80. The Kier molecular flexibility index (Phi) is 5.22. The Morgan fingerprint density at radius 2 is 1.41 bits per heavy atom. The number of hydrogen-bond acceptors (Lipinski definition) is 2. The molecule has 4 heteroatoms. The summed E-state index contributed by atoms with van der Waals surface area (Å²) in [6.07, 6.45) is 1.00. The van der Waals surface area contributed by atoms with Gasteiger partial charge in [0.1, 0.15) is 0 Å². The molecule has 0 spiro atoms. The molecule has 2 amide bonds. The average Bonchev–Trinajstić information content (AvgIpc) is 2.46. The van der Waals surface area contributed by atoms with E-state index in [9.17, 15) is 9.59 Å². The molecule has 0 N–H and O–H groups in total. The SMILES string of the molecule is CC(C)(C)CC(=O)N1CCN(C(=O)Cc2ccccc2)CC1.